The van der Waals surface area contributed by atoms with Crippen molar-refractivity contribution in [2.24, 2.45) is 0 Å². The van der Waals surface area contributed by atoms with E-state index in [4.69, 9.17) is 0 Å². The number of pyridine rings is 1. The van der Waals surface area contributed by atoms with Gasteiger partial charge in [0.2, 0.25) is 11.2 Å². The van der Waals surface area contributed by atoms with E-state index in [1.54, 1.807) is 0 Å². The molecule has 0 fully saturated rings. The van der Waals surface area contributed by atoms with Gasteiger partial charge in [0.1, 0.15) is 0 Å². The van der Waals surface area contributed by atoms with Crippen LogP contribution in [0.15, 0.2) is 60.7 Å². The van der Waals surface area contributed by atoms with Gasteiger partial charge in [-0.25, -0.2) is 0 Å². The van der Waals surface area contributed by atoms with Crippen LogP contribution in [-0.2, 0) is 0 Å². The number of hydrogen-bond acceptors (Lipinski definition) is 0. The van der Waals surface area contributed by atoms with E-state index in [9.17, 15) is 0 Å². The smallest absolute Gasteiger partial charge is 0.157 e. The molecule has 1 aromatic heterocycles. The SMILES string of the molecule is Cc1ccccc1-[n+]1c(C)ccc2ccccc21. The zero-order valence-electron chi connectivity index (χ0n) is 10.7. The Balaban J connectivity index is 2.42. The lowest BCUT2D eigenvalue weighted by atomic mass is 10.1. The number of rotatable bonds is 1. The Kier molecular flexibility index (Phi) is 2.60. The van der Waals surface area contributed by atoms with Crippen molar-refractivity contribution in [3.63, 3.8) is 0 Å². The molecule has 2 aromatic carbocycles. The summed E-state index contributed by atoms with van der Waals surface area (Å²) in [7, 11) is 0. The van der Waals surface area contributed by atoms with Crippen molar-refractivity contribution in [1.29, 1.82) is 0 Å². The molecule has 0 saturated heterocycles. The first-order chi connectivity index (χ1) is 8.77. The summed E-state index contributed by atoms with van der Waals surface area (Å²) in [5.41, 5.74) is 5.06. The molecule has 0 bridgehead atoms. The molecule has 0 amide bonds. The largest absolute Gasteiger partial charge is 0.218 e. The van der Waals surface area contributed by atoms with Gasteiger partial charge in [0, 0.05) is 36.1 Å². The lowest BCUT2D eigenvalue weighted by molar-refractivity contribution is -0.574. The third-order valence-electron chi connectivity index (χ3n) is 3.39. The third kappa shape index (κ3) is 1.68. The molecule has 1 nitrogen and oxygen atoms in total. The van der Waals surface area contributed by atoms with Crippen LogP contribution in [0.2, 0.25) is 0 Å². The fraction of sp³-hybridized carbons (Fsp3) is 0.118. The number of aromatic nitrogens is 1. The Bertz CT molecular complexity index is 714. The molecule has 0 unspecified atom stereocenters. The Morgan fingerprint density at radius 2 is 1.44 bits per heavy atom. The second kappa shape index (κ2) is 4.26. The maximum Gasteiger partial charge on any atom is 0.218 e. The quantitative estimate of drug-likeness (QED) is 0.565. The minimum absolute atomic E-state index is 1.25. The summed E-state index contributed by atoms with van der Waals surface area (Å²) in [5.74, 6) is 0. The van der Waals surface area contributed by atoms with Crippen LogP contribution in [0.1, 0.15) is 11.3 Å². The molecule has 0 atom stereocenters. The standard InChI is InChI=1S/C17H16N/c1-13-7-3-5-9-16(13)18-14(2)11-12-15-8-4-6-10-17(15)18/h3-12H,1-2H3/q+1. The normalized spacial score (nSPS) is 10.8. The number of fused-ring (bicyclic) bond motifs is 1. The minimum Gasteiger partial charge on any atom is -0.157 e. The first kappa shape index (κ1) is 11.0. The first-order valence-electron chi connectivity index (χ1n) is 6.24. The van der Waals surface area contributed by atoms with Crippen molar-refractivity contribution < 1.29 is 4.57 Å². The van der Waals surface area contributed by atoms with Crippen LogP contribution < -0.4 is 4.57 Å². The summed E-state index contributed by atoms with van der Waals surface area (Å²) in [5, 5.41) is 1.27. The topological polar surface area (TPSA) is 3.88 Å². The number of para-hydroxylation sites is 2. The van der Waals surface area contributed by atoms with Gasteiger partial charge in [-0.2, -0.15) is 4.57 Å². The van der Waals surface area contributed by atoms with Gasteiger partial charge in [-0.15, -0.1) is 0 Å². The van der Waals surface area contributed by atoms with Crippen LogP contribution in [0.4, 0.5) is 0 Å². The molecule has 3 aromatic rings. The summed E-state index contributed by atoms with van der Waals surface area (Å²) in [6.07, 6.45) is 0. The fourth-order valence-corrected chi connectivity index (χ4v) is 2.44. The zero-order valence-corrected chi connectivity index (χ0v) is 10.7. The minimum atomic E-state index is 1.25. The van der Waals surface area contributed by atoms with E-state index in [-0.39, 0.29) is 0 Å². The highest BCUT2D eigenvalue weighted by Crippen LogP contribution is 2.15. The highest BCUT2D eigenvalue weighted by atomic mass is 15.0. The van der Waals surface area contributed by atoms with Gasteiger partial charge in [-0.05, 0) is 19.1 Å². The van der Waals surface area contributed by atoms with Gasteiger partial charge in [0.25, 0.3) is 0 Å². The fourth-order valence-electron chi connectivity index (χ4n) is 2.44. The van der Waals surface area contributed by atoms with Crippen molar-refractivity contribution >= 4 is 10.9 Å². The Hall–Kier alpha value is -2.15. The molecule has 0 spiro atoms. The molecule has 0 N–H and O–H groups in total. The molecule has 1 heterocycles. The highest BCUT2D eigenvalue weighted by molar-refractivity contribution is 5.75. The van der Waals surface area contributed by atoms with Crippen LogP contribution >= 0.6 is 0 Å². The van der Waals surface area contributed by atoms with E-state index in [1.165, 1.54) is 27.8 Å². The van der Waals surface area contributed by atoms with Crippen molar-refractivity contribution in [2.75, 3.05) is 0 Å². The molecule has 88 valence electrons. The predicted octanol–water partition coefficient (Wildman–Crippen LogP) is 3.73. The van der Waals surface area contributed by atoms with E-state index < -0.39 is 0 Å². The predicted molar refractivity (Wildman–Crippen MR) is 75.0 cm³/mol. The van der Waals surface area contributed by atoms with Crippen LogP contribution in [0.5, 0.6) is 0 Å². The van der Waals surface area contributed by atoms with Crippen molar-refractivity contribution in [3.8, 4) is 5.69 Å². The third-order valence-corrected chi connectivity index (χ3v) is 3.39. The van der Waals surface area contributed by atoms with Gasteiger partial charge in [-0.3, -0.25) is 0 Å². The van der Waals surface area contributed by atoms with Crippen LogP contribution in [0.3, 0.4) is 0 Å². The Morgan fingerprint density at radius 3 is 2.28 bits per heavy atom. The molecule has 0 radical (unpaired) electrons. The van der Waals surface area contributed by atoms with E-state index in [1.807, 2.05) is 0 Å². The second-order valence-electron chi connectivity index (χ2n) is 4.66. The lowest BCUT2D eigenvalue weighted by Gasteiger charge is -2.06. The highest BCUT2D eigenvalue weighted by Gasteiger charge is 2.16. The van der Waals surface area contributed by atoms with Gasteiger partial charge >= 0.3 is 0 Å². The van der Waals surface area contributed by atoms with Gasteiger partial charge < -0.3 is 0 Å². The molecular formula is C17H16N+. The number of hydrogen-bond donors (Lipinski definition) is 0. The van der Waals surface area contributed by atoms with E-state index in [0.29, 0.717) is 0 Å². The van der Waals surface area contributed by atoms with Crippen LogP contribution in [-0.4, -0.2) is 0 Å². The maximum atomic E-state index is 2.32. The molecule has 0 saturated carbocycles. The van der Waals surface area contributed by atoms with Crippen LogP contribution in [0.25, 0.3) is 16.6 Å². The van der Waals surface area contributed by atoms with E-state index >= 15 is 0 Å². The van der Waals surface area contributed by atoms with Crippen molar-refractivity contribution in [2.45, 2.75) is 13.8 Å². The molecule has 3 rings (SSSR count). The van der Waals surface area contributed by atoms with Crippen molar-refractivity contribution in [1.82, 2.24) is 0 Å². The summed E-state index contributed by atoms with van der Waals surface area (Å²) in [4.78, 5) is 0. The average Bonchev–Trinajstić information content (AvgIpc) is 2.40. The molecule has 0 aliphatic rings. The first-order valence-corrected chi connectivity index (χ1v) is 6.24. The molecule has 0 aliphatic carbocycles. The van der Waals surface area contributed by atoms with Crippen LogP contribution in [0, 0.1) is 13.8 Å². The Labute approximate surface area is 107 Å². The van der Waals surface area contributed by atoms with Gasteiger partial charge in [0.05, 0.1) is 0 Å². The second-order valence-corrected chi connectivity index (χ2v) is 4.66. The molecular weight excluding hydrogens is 218 g/mol. The van der Waals surface area contributed by atoms with E-state index in [2.05, 4.69) is 79.1 Å². The monoisotopic (exact) mass is 234 g/mol. The molecule has 0 aliphatic heterocycles. The summed E-state index contributed by atoms with van der Waals surface area (Å²) in [6.45, 7) is 4.31. The zero-order chi connectivity index (χ0) is 12.5. The van der Waals surface area contributed by atoms with E-state index in [0.717, 1.165) is 0 Å². The van der Waals surface area contributed by atoms with Gasteiger partial charge in [-0.1, -0.05) is 30.3 Å². The van der Waals surface area contributed by atoms with Crippen molar-refractivity contribution in [3.05, 3.63) is 71.9 Å². The molecule has 1 heteroatoms. The lowest BCUT2D eigenvalue weighted by Crippen LogP contribution is -2.35. The average molecular weight is 234 g/mol. The molecule has 18 heavy (non-hydrogen) atoms. The summed E-state index contributed by atoms with van der Waals surface area (Å²) in [6, 6.07) is 21.4. The number of aryl methyl sites for hydroxylation is 2. The number of nitrogens with zero attached hydrogens (tertiary/aromatic N) is 1. The summed E-state index contributed by atoms with van der Waals surface area (Å²) >= 11 is 0. The maximum absolute atomic E-state index is 2.32. The summed E-state index contributed by atoms with van der Waals surface area (Å²) < 4.78 is 2.32. The Morgan fingerprint density at radius 1 is 0.722 bits per heavy atom. The van der Waals surface area contributed by atoms with Gasteiger partial charge in [0.15, 0.2) is 5.69 Å². The number of benzene rings is 2.